The summed E-state index contributed by atoms with van der Waals surface area (Å²) in [5.41, 5.74) is 0.246. The molecule has 5 heteroatoms. The molecule has 2 N–H and O–H groups in total. The Morgan fingerprint density at radius 2 is 1.22 bits per heavy atom. The zero-order valence-electron chi connectivity index (χ0n) is 15.9. The Morgan fingerprint density at radius 1 is 0.870 bits per heavy atom. The van der Waals surface area contributed by atoms with Crippen LogP contribution in [0.3, 0.4) is 0 Å². The Hall–Kier alpha value is -0.346. The van der Waals surface area contributed by atoms with Crippen LogP contribution >= 0.6 is 0 Å². The molecule has 23 heavy (non-hydrogen) atoms. The van der Waals surface area contributed by atoms with Crippen molar-refractivity contribution in [1.29, 1.82) is 0 Å². The van der Waals surface area contributed by atoms with Crippen molar-refractivity contribution in [2.45, 2.75) is 84.7 Å². The van der Waals surface area contributed by atoms with Crippen LogP contribution in [0.5, 0.6) is 0 Å². The molecule has 0 bridgehead atoms. The Morgan fingerprint density at radius 3 is 1.48 bits per heavy atom. The molecule has 134 valence electrons. The number of carbonyl (C=O) groups is 2. The molecule has 0 spiro atoms. The molecule has 0 saturated heterocycles. The summed E-state index contributed by atoms with van der Waals surface area (Å²) in [6.45, 7) is 8.18. The van der Waals surface area contributed by atoms with Crippen LogP contribution < -0.4 is 10.6 Å². The summed E-state index contributed by atoms with van der Waals surface area (Å²) in [5.74, 6) is 0.220. The average molecular weight is 360 g/mol. The summed E-state index contributed by atoms with van der Waals surface area (Å²) in [5, 5.41) is 6.25. The van der Waals surface area contributed by atoms with E-state index in [1.165, 1.54) is 0 Å². The predicted molar refractivity (Wildman–Crippen MR) is 94.1 cm³/mol. The van der Waals surface area contributed by atoms with E-state index in [9.17, 15) is 9.59 Å². The largest absolute Gasteiger partial charge is 2.00 e. The molecule has 0 radical (unpaired) electrons. The van der Waals surface area contributed by atoms with Gasteiger partial charge in [-0.25, -0.2) is 0 Å². The maximum absolute atomic E-state index is 11.7. The first kappa shape index (κ1) is 27.5. The van der Waals surface area contributed by atoms with Crippen molar-refractivity contribution in [3.63, 3.8) is 0 Å². The van der Waals surface area contributed by atoms with Crippen LogP contribution in [-0.4, -0.2) is 23.9 Å². The summed E-state index contributed by atoms with van der Waals surface area (Å²) in [4.78, 5) is 23.3. The molecule has 0 aromatic carbocycles. The number of hydrogen-bond acceptors (Lipinski definition) is 2. The molecule has 2 amide bonds. The van der Waals surface area contributed by atoms with E-state index in [1.807, 2.05) is 13.8 Å². The maximum atomic E-state index is 11.7. The fourth-order valence-electron chi connectivity index (χ4n) is 3.35. The molecule has 1 saturated carbocycles. The molecule has 0 aromatic rings. The quantitative estimate of drug-likeness (QED) is 0.561. The molecule has 0 aromatic heterocycles. The SMILES string of the molecule is CCC(=O)NC1CC(NC(=O)CC)CC(CC)(CC)C1.[CH3-].[CH3-].[Ti+2]. The summed E-state index contributed by atoms with van der Waals surface area (Å²) >= 11 is 0. The fraction of sp³-hybridized carbons (Fsp3) is 0.778. The van der Waals surface area contributed by atoms with Crippen molar-refractivity contribution >= 4 is 11.8 Å². The van der Waals surface area contributed by atoms with Crippen LogP contribution in [0.25, 0.3) is 0 Å². The molecule has 1 aliphatic carbocycles. The van der Waals surface area contributed by atoms with Gasteiger partial charge in [-0.3, -0.25) is 9.59 Å². The standard InChI is InChI=1S/C16H30N2O2.2CH3.Ti/c1-5-14(19)17-12-9-13(18-15(20)6-2)11-16(7-3,8-4)10-12;;;/h12-13H,5-11H2,1-4H3,(H,17,19)(H,18,20);2*1H3;/q;2*-1;+2. The molecule has 0 heterocycles. The van der Waals surface area contributed by atoms with Gasteiger partial charge in [-0.1, -0.05) is 40.5 Å². The zero-order chi connectivity index (χ0) is 15.2. The topological polar surface area (TPSA) is 58.2 Å². The molecule has 2 atom stereocenters. The van der Waals surface area contributed by atoms with Gasteiger partial charge in [0.1, 0.15) is 0 Å². The first-order valence-corrected chi connectivity index (χ1v) is 8.07. The van der Waals surface area contributed by atoms with E-state index in [-0.39, 0.29) is 65.9 Å². The smallest absolute Gasteiger partial charge is 0.358 e. The van der Waals surface area contributed by atoms with Gasteiger partial charge in [-0.15, -0.1) is 0 Å². The van der Waals surface area contributed by atoms with Gasteiger partial charge in [0, 0.05) is 24.9 Å². The van der Waals surface area contributed by atoms with Gasteiger partial charge in [0.15, 0.2) is 0 Å². The molecule has 1 fully saturated rings. The Labute approximate surface area is 158 Å². The van der Waals surface area contributed by atoms with E-state index in [4.69, 9.17) is 0 Å². The number of hydrogen-bond donors (Lipinski definition) is 2. The molecule has 1 rings (SSSR count). The summed E-state index contributed by atoms with van der Waals surface area (Å²) in [6, 6.07) is 0.386. The average Bonchev–Trinajstić information content (AvgIpc) is 2.46. The second-order valence-corrected chi connectivity index (χ2v) is 6.09. The van der Waals surface area contributed by atoms with Gasteiger partial charge in [0.2, 0.25) is 11.8 Å². The van der Waals surface area contributed by atoms with Crippen LogP contribution in [0.15, 0.2) is 0 Å². The zero-order valence-corrected chi connectivity index (χ0v) is 17.5. The summed E-state index contributed by atoms with van der Waals surface area (Å²) in [7, 11) is 0. The van der Waals surface area contributed by atoms with Gasteiger partial charge in [0.05, 0.1) is 0 Å². The number of rotatable bonds is 6. The van der Waals surface area contributed by atoms with Crippen LogP contribution in [0.4, 0.5) is 0 Å². The minimum absolute atomic E-state index is 0. The van der Waals surface area contributed by atoms with Crippen molar-refractivity contribution < 1.29 is 31.3 Å². The Kier molecular flexibility index (Phi) is 15.5. The van der Waals surface area contributed by atoms with Gasteiger partial charge in [-0.05, 0) is 24.7 Å². The first-order valence-electron chi connectivity index (χ1n) is 8.07. The van der Waals surface area contributed by atoms with E-state index in [0.717, 1.165) is 32.1 Å². The van der Waals surface area contributed by atoms with Crippen molar-refractivity contribution in [3.05, 3.63) is 14.9 Å². The van der Waals surface area contributed by atoms with E-state index in [2.05, 4.69) is 24.5 Å². The Balaban J connectivity index is -0.00000133. The number of carbonyl (C=O) groups excluding carboxylic acids is 2. The molecular weight excluding hydrogens is 324 g/mol. The molecule has 2 unspecified atom stereocenters. The van der Waals surface area contributed by atoms with Gasteiger partial charge in [0.25, 0.3) is 0 Å². The van der Waals surface area contributed by atoms with Crippen LogP contribution in [0.2, 0.25) is 0 Å². The summed E-state index contributed by atoms with van der Waals surface area (Å²) < 4.78 is 0. The van der Waals surface area contributed by atoms with Crippen LogP contribution in [0.1, 0.15) is 72.6 Å². The monoisotopic (exact) mass is 360 g/mol. The van der Waals surface area contributed by atoms with E-state index in [0.29, 0.717) is 12.8 Å². The van der Waals surface area contributed by atoms with Crippen molar-refractivity contribution in [2.75, 3.05) is 0 Å². The molecular formula is C18H36N2O2Ti. The fourth-order valence-corrected chi connectivity index (χ4v) is 3.35. The molecule has 0 aliphatic heterocycles. The number of nitrogens with one attached hydrogen (secondary N) is 2. The maximum Gasteiger partial charge on any atom is 2.00 e. The van der Waals surface area contributed by atoms with Crippen molar-refractivity contribution in [2.24, 2.45) is 5.41 Å². The third-order valence-electron chi connectivity index (χ3n) is 4.80. The van der Waals surface area contributed by atoms with E-state index in [1.54, 1.807) is 0 Å². The van der Waals surface area contributed by atoms with Crippen molar-refractivity contribution in [1.82, 2.24) is 10.6 Å². The normalized spacial score (nSPS) is 21.7. The minimum Gasteiger partial charge on any atom is -0.358 e. The second kappa shape index (κ2) is 13.0. The van der Waals surface area contributed by atoms with Crippen LogP contribution in [-0.2, 0) is 31.3 Å². The van der Waals surface area contributed by atoms with Gasteiger partial charge < -0.3 is 25.5 Å². The first-order chi connectivity index (χ1) is 9.48. The molecule has 1 aliphatic rings. The minimum atomic E-state index is 0. The Bertz CT molecular complexity index is 316. The van der Waals surface area contributed by atoms with E-state index >= 15 is 0 Å². The molecule has 4 nitrogen and oxygen atoms in total. The van der Waals surface area contributed by atoms with E-state index < -0.39 is 0 Å². The van der Waals surface area contributed by atoms with Crippen molar-refractivity contribution in [3.8, 4) is 0 Å². The second-order valence-electron chi connectivity index (χ2n) is 6.09. The third-order valence-corrected chi connectivity index (χ3v) is 4.80. The predicted octanol–water partition coefficient (Wildman–Crippen LogP) is 3.66. The number of amides is 2. The summed E-state index contributed by atoms with van der Waals surface area (Å²) in [6.07, 6.45) is 6.16. The van der Waals surface area contributed by atoms with Gasteiger partial charge >= 0.3 is 21.7 Å². The third kappa shape index (κ3) is 8.35. The van der Waals surface area contributed by atoms with Crippen LogP contribution in [0, 0.1) is 20.3 Å². The van der Waals surface area contributed by atoms with Gasteiger partial charge in [-0.2, -0.15) is 0 Å².